The molecule has 0 nitrogen and oxygen atoms in total. The van der Waals surface area contributed by atoms with Crippen LogP contribution < -0.4 is 0 Å². The molecule has 0 unspecified atom stereocenters. The van der Waals surface area contributed by atoms with Gasteiger partial charge >= 0.3 is 0 Å². The molecule has 1 heteroatoms. The molecule has 0 radical (unpaired) electrons. The second kappa shape index (κ2) is 3.79. The maximum atomic E-state index is 2.12. The molecule has 0 spiro atoms. The van der Waals surface area contributed by atoms with Gasteiger partial charge in [-0.1, -0.05) is 35.4 Å². The van der Waals surface area contributed by atoms with Gasteiger partial charge in [0.2, 0.25) is 0 Å². The van der Waals surface area contributed by atoms with Gasteiger partial charge in [-0.05, 0) is 13.8 Å². The zero-order valence-corrected chi connectivity index (χ0v) is 7.40. The monoisotopic (exact) mass is 208 g/mol. The van der Waals surface area contributed by atoms with Crippen molar-refractivity contribution < 1.29 is 19.5 Å². The number of hydrogen-bond donors (Lipinski definition) is 0. The van der Waals surface area contributed by atoms with Crippen LogP contribution in [0.15, 0.2) is 24.3 Å². The van der Waals surface area contributed by atoms with E-state index in [0.717, 1.165) is 0 Å². The van der Waals surface area contributed by atoms with E-state index in [1.165, 1.54) is 11.1 Å². The van der Waals surface area contributed by atoms with Gasteiger partial charge in [-0.2, -0.15) is 0 Å². The van der Waals surface area contributed by atoms with Crippen LogP contribution in [-0.2, 0) is 19.5 Å². The Balaban J connectivity index is 0.000000640. The van der Waals surface area contributed by atoms with Crippen LogP contribution in [0.4, 0.5) is 0 Å². The summed E-state index contributed by atoms with van der Waals surface area (Å²) in [7, 11) is 0. The average Bonchev–Trinajstić information content (AvgIpc) is 1.77. The second-order valence-corrected chi connectivity index (χ2v) is 2.15. The summed E-state index contributed by atoms with van der Waals surface area (Å²) in [4.78, 5) is 0. The van der Waals surface area contributed by atoms with E-state index in [1.54, 1.807) is 0 Å². The van der Waals surface area contributed by atoms with Crippen molar-refractivity contribution in [3.05, 3.63) is 35.4 Å². The molecular formula is C8H10Ru. The molecule has 0 saturated heterocycles. The standard InChI is InChI=1S/C8H10.Ru/c1-7-3-5-8(2)6-4-7;/h3-6H,1-2H3;. The van der Waals surface area contributed by atoms with Crippen LogP contribution in [0.25, 0.3) is 0 Å². The average molecular weight is 207 g/mol. The van der Waals surface area contributed by atoms with Gasteiger partial charge in [-0.25, -0.2) is 0 Å². The molecule has 0 bridgehead atoms. The molecule has 0 fully saturated rings. The summed E-state index contributed by atoms with van der Waals surface area (Å²) in [6, 6.07) is 8.48. The number of benzene rings is 1. The molecule has 0 aliphatic rings. The van der Waals surface area contributed by atoms with Crippen LogP contribution in [0.5, 0.6) is 0 Å². The maximum absolute atomic E-state index is 2.12. The van der Waals surface area contributed by atoms with E-state index < -0.39 is 0 Å². The predicted octanol–water partition coefficient (Wildman–Crippen LogP) is 2.30. The Morgan fingerprint density at radius 1 is 0.778 bits per heavy atom. The molecule has 0 aromatic heterocycles. The van der Waals surface area contributed by atoms with Crippen molar-refractivity contribution in [3.63, 3.8) is 0 Å². The van der Waals surface area contributed by atoms with Crippen molar-refractivity contribution >= 4 is 0 Å². The van der Waals surface area contributed by atoms with E-state index in [-0.39, 0.29) is 19.5 Å². The molecule has 0 heterocycles. The van der Waals surface area contributed by atoms with Crippen LogP contribution in [0.2, 0.25) is 0 Å². The summed E-state index contributed by atoms with van der Waals surface area (Å²) in [6.45, 7) is 4.19. The van der Waals surface area contributed by atoms with Crippen LogP contribution in [-0.4, -0.2) is 0 Å². The molecule has 0 amide bonds. The zero-order chi connectivity index (χ0) is 5.98. The third-order valence-electron chi connectivity index (χ3n) is 1.22. The molecule has 1 rings (SSSR count). The van der Waals surface area contributed by atoms with E-state index >= 15 is 0 Å². The molecular weight excluding hydrogens is 197 g/mol. The van der Waals surface area contributed by atoms with Gasteiger partial charge in [0.15, 0.2) is 0 Å². The minimum atomic E-state index is 0. The van der Waals surface area contributed by atoms with Gasteiger partial charge in [-0.3, -0.25) is 0 Å². The summed E-state index contributed by atoms with van der Waals surface area (Å²) in [6.07, 6.45) is 0. The number of rotatable bonds is 0. The Morgan fingerprint density at radius 3 is 1.22 bits per heavy atom. The molecule has 0 atom stereocenters. The third-order valence-corrected chi connectivity index (χ3v) is 1.22. The third kappa shape index (κ3) is 2.76. The van der Waals surface area contributed by atoms with E-state index in [9.17, 15) is 0 Å². The van der Waals surface area contributed by atoms with Crippen LogP contribution >= 0.6 is 0 Å². The Bertz CT molecular complexity index is 143. The Labute approximate surface area is 69.0 Å². The molecule has 0 saturated carbocycles. The first kappa shape index (κ1) is 8.84. The summed E-state index contributed by atoms with van der Waals surface area (Å²) in [5.74, 6) is 0. The van der Waals surface area contributed by atoms with Crippen molar-refractivity contribution in [1.82, 2.24) is 0 Å². The minimum Gasteiger partial charge on any atom is -0.0591 e. The number of aryl methyl sites for hydroxylation is 2. The van der Waals surface area contributed by atoms with E-state index in [1.807, 2.05) is 0 Å². The Kier molecular flexibility index (Phi) is 3.73. The normalized spacial score (nSPS) is 8.22. The van der Waals surface area contributed by atoms with Crippen molar-refractivity contribution in [2.75, 3.05) is 0 Å². The Morgan fingerprint density at radius 2 is 1.00 bits per heavy atom. The van der Waals surface area contributed by atoms with Crippen molar-refractivity contribution in [1.29, 1.82) is 0 Å². The van der Waals surface area contributed by atoms with Crippen molar-refractivity contribution in [3.8, 4) is 0 Å². The quantitative estimate of drug-likeness (QED) is 0.573. The first-order valence-corrected chi connectivity index (χ1v) is 2.82. The fourth-order valence-corrected chi connectivity index (χ4v) is 0.637. The van der Waals surface area contributed by atoms with E-state index in [2.05, 4.69) is 38.1 Å². The van der Waals surface area contributed by atoms with Crippen LogP contribution in [0.1, 0.15) is 11.1 Å². The van der Waals surface area contributed by atoms with Crippen molar-refractivity contribution in [2.45, 2.75) is 13.8 Å². The second-order valence-electron chi connectivity index (χ2n) is 2.15. The first-order valence-electron chi connectivity index (χ1n) is 2.82. The maximum Gasteiger partial charge on any atom is 0 e. The molecule has 9 heavy (non-hydrogen) atoms. The SMILES string of the molecule is Cc1ccc(C)cc1.[Ru]. The molecule has 50 valence electrons. The molecule has 1 aromatic rings. The van der Waals surface area contributed by atoms with Gasteiger partial charge in [0.25, 0.3) is 0 Å². The smallest absolute Gasteiger partial charge is 0 e. The molecule has 0 aliphatic carbocycles. The minimum absolute atomic E-state index is 0. The molecule has 1 aromatic carbocycles. The van der Waals surface area contributed by atoms with Gasteiger partial charge < -0.3 is 0 Å². The Hall–Kier alpha value is -0.157. The summed E-state index contributed by atoms with van der Waals surface area (Å²) < 4.78 is 0. The first-order chi connectivity index (χ1) is 3.79. The topological polar surface area (TPSA) is 0 Å². The largest absolute Gasteiger partial charge is 0.0591 e. The fourth-order valence-electron chi connectivity index (χ4n) is 0.637. The van der Waals surface area contributed by atoms with Gasteiger partial charge in [-0.15, -0.1) is 0 Å². The van der Waals surface area contributed by atoms with Crippen LogP contribution in [0, 0.1) is 13.8 Å². The summed E-state index contributed by atoms with van der Waals surface area (Å²) in [5.41, 5.74) is 2.66. The predicted molar refractivity (Wildman–Crippen MR) is 35.9 cm³/mol. The zero-order valence-electron chi connectivity index (χ0n) is 5.66. The fraction of sp³-hybridized carbons (Fsp3) is 0.250. The summed E-state index contributed by atoms with van der Waals surface area (Å²) in [5, 5.41) is 0. The number of hydrogen-bond acceptors (Lipinski definition) is 0. The van der Waals surface area contributed by atoms with Crippen molar-refractivity contribution in [2.24, 2.45) is 0 Å². The molecule has 0 N–H and O–H groups in total. The van der Waals surface area contributed by atoms with E-state index in [0.29, 0.717) is 0 Å². The van der Waals surface area contributed by atoms with Gasteiger partial charge in [0.1, 0.15) is 0 Å². The van der Waals surface area contributed by atoms with Gasteiger partial charge in [0, 0.05) is 19.5 Å². The van der Waals surface area contributed by atoms with Crippen LogP contribution in [0.3, 0.4) is 0 Å². The molecule has 0 aliphatic heterocycles. The van der Waals surface area contributed by atoms with E-state index in [4.69, 9.17) is 0 Å². The summed E-state index contributed by atoms with van der Waals surface area (Å²) >= 11 is 0. The van der Waals surface area contributed by atoms with Gasteiger partial charge in [0.05, 0.1) is 0 Å².